The van der Waals surface area contributed by atoms with Crippen molar-refractivity contribution in [2.45, 2.75) is 39.5 Å². The SMILES string of the molecule is CCOC(=O)c1ccccc1N=Cc1c(O)n(-c2sc3c(c2C(=O)OCC)CCCC3)c(=O)c2ccccc12. The van der Waals surface area contributed by atoms with E-state index in [2.05, 4.69) is 4.99 Å². The number of hydrogen-bond donors (Lipinski definition) is 1. The summed E-state index contributed by atoms with van der Waals surface area (Å²) in [6.07, 6.45) is 4.87. The summed E-state index contributed by atoms with van der Waals surface area (Å²) in [6, 6.07) is 13.7. The molecule has 0 unspecified atom stereocenters. The van der Waals surface area contributed by atoms with Crippen LogP contribution in [0.25, 0.3) is 15.8 Å². The Kier molecular flexibility index (Phi) is 7.60. The van der Waals surface area contributed by atoms with Gasteiger partial charge in [-0.2, -0.15) is 0 Å². The van der Waals surface area contributed by atoms with E-state index in [-0.39, 0.29) is 30.2 Å². The van der Waals surface area contributed by atoms with E-state index >= 15 is 0 Å². The molecule has 0 saturated heterocycles. The lowest BCUT2D eigenvalue weighted by Gasteiger charge is -2.15. The molecule has 9 heteroatoms. The molecule has 2 aromatic heterocycles. The normalized spacial score (nSPS) is 13.0. The minimum absolute atomic E-state index is 0.194. The van der Waals surface area contributed by atoms with E-state index in [9.17, 15) is 19.5 Å². The van der Waals surface area contributed by atoms with Gasteiger partial charge in [0.25, 0.3) is 5.56 Å². The molecule has 0 aliphatic heterocycles. The maximum Gasteiger partial charge on any atom is 0.341 e. The van der Waals surface area contributed by atoms with Crippen LogP contribution in [0.2, 0.25) is 0 Å². The van der Waals surface area contributed by atoms with Gasteiger partial charge in [-0.3, -0.25) is 9.79 Å². The van der Waals surface area contributed by atoms with Gasteiger partial charge >= 0.3 is 11.9 Å². The van der Waals surface area contributed by atoms with Crippen LogP contribution in [0.1, 0.15) is 63.4 Å². The highest BCUT2D eigenvalue weighted by molar-refractivity contribution is 7.15. The number of aliphatic imine (C=N–C) groups is 1. The number of hydrogen-bond acceptors (Lipinski definition) is 8. The van der Waals surface area contributed by atoms with Gasteiger partial charge in [0.1, 0.15) is 5.00 Å². The number of pyridine rings is 1. The molecule has 0 amide bonds. The number of benzene rings is 2. The molecule has 0 bridgehead atoms. The van der Waals surface area contributed by atoms with E-state index in [1.165, 1.54) is 22.1 Å². The van der Waals surface area contributed by atoms with Crippen molar-refractivity contribution >= 4 is 45.9 Å². The van der Waals surface area contributed by atoms with Crippen LogP contribution in [-0.2, 0) is 22.3 Å². The third-order valence-electron chi connectivity index (χ3n) is 6.67. The van der Waals surface area contributed by atoms with Crippen LogP contribution in [0, 0.1) is 0 Å². The summed E-state index contributed by atoms with van der Waals surface area (Å²) < 4.78 is 11.7. The Hall–Kier alpha value is -4.24. The van der Waals surface area contributed by atoms with Crippen LogP contribution >= 0.6 is 11.3 Å². The van der Waals surface area contributed by atoms with Crippen molar-refractivity contribution < 1.29 is 24.2 Å². The Bertz CT molecular complexity index is 1670. The van der Waals surface area contributed by atoms with Crippen molar-refractivity contribution in [1.82, 2.24) is 4.57 Å². The number of carbonyl (C=O) groups excluding carboxylic acids is 2. The van der Waals surface area contributed by atoms with Crippen molar-refractivity contribution in [2.75, 3.05) is 13.2 Å². The summed E-state index contributed by atoms with van der Waals surface area (Å²) in [5.41, 5.74) is 1.69. The first-order chi connectivity index (χ1) is 19.0. The van der Waals surface area contributed by atoms with Gasteiger partial charge in [-0.1, -0.05) is 30.3 Å². The van der Waals surface area contributed by atoms with E-state index in [0.29, 0.717) is 33.4 Å². The number of thiophene rings is 1. The van der Waals surface area contributed by atoms with Gasteiger partial charge in [0.15, 0.2) is 0 Å². The third-order valence-corrected chi connectivity index (χ3v) is 7.95. The summed E-state index contributed by atoms with van der Waals surface area (Å²) in [7, 11) is 0. The van der Waals surface area contributed by atoms with Crippen molar-refractivity contribution in [3.63, 3.8) is 0 Å². The second-order valence-corrected chi connectivity index (χ2v) is 10.1. The first kappa shape index (κ1) is 26.4. The number of esters is 2. The van der Waals surface area contributed by atoms with E-state index in [0.717, 1.165) is 29.7 Å². The fourth-order valence-electron chi connectivity index (χ4n) is 4.90. The molecule has 2 heterocycles. The highest BCUT2D eigenvalue weighted by atomic mass is 32.1. The standard InChI is InChI=1S/C30H28N2O6S/c1-3-37-29(35)20-13-7-9-15-23(20)31-17-22-18-11-5-6-12-19(18)26(33)32(27(22)34)28-25(30(36)38-4-2)21-14-8-10-16-24(21)39-28/h5-7,9,11-13,15,17,34H,3-4,8,10,14,16H2,1-2H3. The van der Waals surface area contributed by atoms with Crippen molar-refractivity contribution in [1.29, 1.82) is 0 Å². The number of fused-ring (bicyclic) bond motifs is 2. The van der Waals surface area contributed by atoms with E-state index in [1.54, 1.807) is 62.4 Å². The lowest BCUT2D eigenvalue weighted by atomic mass is 9.95. The van der Waals surface area contributed by atoms with E-state index < -0.39 is 17.5 Å². The number of aromatic hydroxyl groups is 1. The van der Waals surface area contributed by atoms with Gasteiger partial charge in [-0.25, -0.2) is 14.2 Å². The zero-order chi connectivity index (χ0) is 27.5. The molecule has 4 aromatic rings. The molecule has 2 aromatic carbocycles. The molecule has 0 radical (unpaired) electrons. The predicted octanol–water partition coefficient (Wildman–Crippen LogP) is 5.74. The lowest BCUT2D eigenvalue weighted by molar-refractivity contribution is 0.0516. The summed E-state index contributed by atoms with van der Waals surface area (Å²) in [4.78, 5) is 44.9. The number of aryl methyl sites for hydroxylation is 1. The Balaban J connectivity index is 1.74. The van der Waals surface area contributed by atoms with Crippen LogP contribution in [0.15, 0.2) is 58.3 Å². The second kappa shape index (κ2) is 11.2. The fourth-order valence-corrected chi connectivity index (χ4v) is 6.28. The van der Waals surface area contributed by atoms with E-state index in [1.807, 2.05) is 0 Å². The number of carbonyl (C=O) groups is 2. The van der Waals surface area contributed by atoms with Gasteiger partial charge in [0.05, 0.1) is 35.6 Å². The first-order valence-corrected chi connectivity index (χ1v) is 13.8. The van der Waals surface area contributed by atoms with Gasteiger partial charge in [-0.05, 0) is 63.3 Å². The van der Waals surface area contributed by atoms with E-state index in [4.69, 9.17) is 9.47 Å². The second-order valence-electron chi connectivity index (χ2n) is 9.03. The van der Waals surface area contributed by atoms with Gasteiger partial charge in [0, 0.05) is 21.9 Å². The van der Waals surface area contributed by atoms with Crippen molar-refractivity contribution in [3.8, 4) is 10.9 Å². The molecule has 1 aliphatic rings. The lowest BCUT2D eigenvalue weighted by Crippen LogP contribution is -2.22. The molecule has 5 rings (SSSR count). The monoisotopic (exact) mass is 544 g/mol. The summed E-state index contributed by atoms with van der Waals surface area (Å²) in [5.74, 6) is -1.36. The minimum atomic E-state index is -0.509. The van der Waals surface area contributed by atoms with Crippen LogP contribution in [0.4, 0.5) is 5.69 Å². The van der Waals surface area contributed by atoms with Gasteiger partial charge in [-0.15, -0.1) is 11.3 Å². The number of aromatic nitrogens is 1. The number of rotatable bonds is 7. The molecule has 0 atom stereocenters. The fraction of sp³-hybridized carbons (Fsp3) is 0.267. The molecule has 0 fully saturated rings. The average molecular weight is 545 g/mol. The quantitative estimate of drug-likeness (QED) is 0.235. The maximum absolute atomic E-state index is 13.8. The average Bonchev–Trinajstić information content (AvgIpc) is 3.32. The molecule has 1 aliphatic carbocycles. The van der Waals surface area contributed by atoms with Crippen LogP contribution in [0.3, 0.4) is 0 Å². The Morgan fingerprint density at radius 1 is 0.974 bits per heavy atom. The topological polar surface area (TPSA) is 107 Å². The molecular weight excluding hydrogens is 516 g/mol. The zero-order valence-electron chi connectivity index (χ0n) is 21.7. The van der Waals surface area contributed by atoms with Gasteiger partial charge in [0.2, 0.25) is 5.88 Å². The molecule has 0 saturated carbocycles. The Morgan fingerprint density at radius 2 is 1.64 bits per heavy atom. The molecule has 1 N–H and O–H groups in total. The molecule has 39 heavy (non-hydrogen) atoms. The molecular formula is C30H28N2O6S. The summed E-state index contributed by atoms with van der Waals surface area (Å²) in [6.45, 7) is 3.88. The van der Waals surface area contributed by atoms with Crippen molar-refractivity contribution in [2.24, 2.45) is 4.99 Å². The van der Waals surface area contributed by atoms with Crippen LogP contribution in [-0.4, -0.2) is 41.0 Å². The Labute approximate surface area is 229 Å². The molecule has 200 valence electrons. The van der Waals surface area contributed by atoms with Gasteiger partial charge < -0.3 is 14.6 Å². The smallest absolute Gasteiger partial charge is 0.341 e. The number of ether oxygens (including phenoxy) is 2. The van der Waals surface area contributed by atoms with Crippen LogP contribution < -0.4 is 5.56 Å². The summed E-state index contributed by atoms with van der Waals surface area (Å²) >= 11 is 1.34. The predicted molar refractivity (Wildman–Crippen MR) is 151 cm³/mol. The van der Waals surface area contributed by atoms with Crippen LogP contribution in [0.5, 0.6) is 5.88 Å². The largest absolute Gasteiger partial charge is 0.494 e. The Morgan fingerprint density at radius 3 is 2.41 bits per heavy atom. The highest BCUT2D eigenvalue weighted by Crippen LogP contribution is 2.39. The molecule has 0 spiro atoms. The minimum Gasteiger partial charge on any atom is -0.494 e. The zero-order valence-corrected chi connectivity index (χ0v) is 22.5. The summed E-state index contributed by atoms with van der Waals surface area (Å²) in [5, 5.41) is 12.8. The number of para-hydroxylation sites is 1. The number of nitrogens with zero attached hydrogens (tertiary/aromatic N) is 2. The van der Waals surface area contributed by atoms with Crippen molar-refractivity contribution in [3.05, 3.63) is 86.0 Å². The highest BCUT2D eigenvalue weighted by Gasteiger charge is 2.30. The first-order valence-electron chi connectivity index (χ1n) is 12.9. The molecule has 8 nitrogen and oxygen atoms in total. The third kappa shape index (κ3) is 4.85. The maximum atomic E-state index is 13.8.